The molecule has 6 rings (SSSR count). The highest BCUT2D eigenvalue weighted by Crippen LogP contribution is 2.45. The van der Waals surface area contributed by atoms with Crippen molar-refractivity contribution in [2.75, 3.05) is 20.8 Å². The Morgan fingerprint density at radius 1 is 0.973 bits per heavy atom. The van der Waals surface area contributed by atoms with Crippen LogP contribution in [0.25, 0.3) is 10.9 Å². The van der Waals surface area contributed by atoms with Gasteiger partial charge >= 0.3 is 0 Å². The van der Waals surface area contributed by atoms with Crippen molar-refractivity contribution < 1.29 is 28.1 Å². The van der Waals surface area contributed by atoms with E-state index < -0.39 is 11.6 Å². The molecule has 1 unspecified atom stereocenters. The van der Waals surface area contributed by atoms with Crippen LogP contribution in [0.2, 0.25) is 0 Å². The molecule has 2 aliphatic rings. The van der Waals surface area contributed by atoms with Gasteiger partial charge < -0.3 is 23.9 Å². The Kier molecular flexibility index (Phi) is 6.01. The van der Waals surface area contributed by atoms with Crippen molar-refractivity contribution >= 4 is 10.9 Å². The number of fused-ring (bicyclic) bond motifs is 6. The van der Waals surface area contributed by atoms with Crippen molar-refractivity contribution in [2.24, 2.45) is 0 Å². The van der Waals surface area contributed by atoms with Crippen LogP contribution in [0.3, 0.4) is 0 Å². The van der Waals surface area contributed by atoms with Gasteiger partial charge in [0.2, 0.25) is 0 Å². The summed E-state index contributed by atoms with van der Waals surface area (Å²) >= 11 is 0. The molecule has 37 heavy (non-hydrogen) atoms. The van der Waals surface area contributed by atoms with Crippen LogP contribution in [-0.4, -0.2) is 35.3 Å². The zero-order chi connectivity index (χ0) is 25.7. The predicted molar refractivity (Wildman–Crippen MR) is 135 cm³/mol. The van der Waals surface area contributed by atoms with E-state index in [1.807, 2.05) is 28.8 Å². The second-order valence-electron chi connectivity index (χ2n) is 9.56. The molecule has 6 nitrogen and oxygen atoms in total. The van der Waals surface area contributed by atoms with E-state index in [9.17, 15) is 13.9 Å². The molecule has 3 heterocycles. The molecule has 0 saturated carbocycles. The van der Waals surface area contributed by atoms with Gasteiger partial charge in [-0.25, -0.2) is 8.78 Å². The number of aliphatic hydroxyl groups excluding tert-OH is 1. The first-order valence-electron chi connectivity index (χ1n) is 12.3. The lowest BCUT2D eigenvalue weighted by Gasteiger charge is -2.41. The number of ether oxygens (including phenoxy) is 3. The van der Waals surface area contributed by atoms with E-state index in [0.29, 0.717) is 17.1 Å². The normalized spacial score (nSPS) is 16.7. The lowest BCUT2D eigenvalue weighted by Crippen LogP contribution is -2.39. The molecule has 4 aromatic rings. The molecule has 0 saturated heterocycles. The number of halogens is 2. The third kappa shape index (κ3) is 4.01. The summed E-state index contributed by atoms with van der Waals surface area (Å²) < 4.78 is 46.1. The average molecular weight is 507 g/mol. The Morgan fingerprint density at radius 3 is 2.59 bits per heavy atom. The van der Waals surface area contributed by atoms with E-state index >= 15 is 0 Å². The maximum atomic E-state index is 13.6. The predicted octanol–water partition coefficient (Wildman–Crippen LogP) is 5.12. The minimum absolute atomic E-state index is 0.0697. The first-order valence-corrected chi connectivity index (χ1v) is 12.3. The van der Waals surface area contributed by atoms with Crippen LogP contribution in [-0.2, 0) is 32.7 Å². The number of hydrogen-bond donors (Lipinski definition) is 1. The Bertz CT molecular complexity index is 1500. The van der Waals surface area contributed by atoms with Gasteiger partial charge in [0.05, 0.1) is 19.7 Å². The molecule has 1 N–H and O–H groups in total. The van der Waals surface area contributed by atoms with Gasteiger partial charge in [-0.05, 0) is 77.6 Å². The summed E-state index contributed by atoms with van der Waals surface area (Å²) in [4.78, 5) is 2.45. The van der Waals surface area contributed by atoms with Crippen LogP contribution >= 0.6 is 0 Å². The minimum atomic E-state index is -0.893. The molecule has 8 heteroatoms. The zero-order valence-corrected chi connectivity index (χ0v) is 20.8. The highest BCUT2D eigenvalue weighted by atomic mass is 19.2. The summed E-state index contributed by atoms with van der Waals surface area (Å²) in [7, 11) is 3.27. The van der Waals surface area contributed by atoms with Gasteiger partial charge in [0.1, 0.15) is 19.1 Å². The zero-order valence-electron chi connectivity index (χ0n) is 20.8. The van der Waals surface area contributed by atoms with E-state index in [4.69, 9.17) is 14.2 Å². The van der Waals surface area contributed by atoms with Gasteiger partial charge in [0, 0.05) is 30.2 Å². The average Bonchev–Trinajstić information content (AvgIpc) is 3.23. The van der Waals surface area contributed by atoms with E-state index in [-0.39, 0.29) is 19.4 Å². The molecule has 0 radical (unpaired) electrons. The Balaban J connectivity index is 1.34. The number of aliphatic hydroxyl groups is 1. The molecule has 0 spiro atoms. The van der Waals surface area contributed by atoms with E-state index in [1.165, 1.54) is 22.8 Å². The Hall–Kier alpha value is -3.62. The van der Waals surface area contributed by atoms with Crippen LogP contribution in [0.5, 0.6) is 17.2 Å². The van der Waals surface area contributed by atoms with Crippen LogP contribution in [0.1, 0.15) is 34.0 Å². The van der Waals surface area contributed by atoms with Gasteiger partial charge in [-0.3, -0.25) is 4.90 Å². The highest BCUT2D eigenvalue weighted by molar-refractivity contribution is 5.87. The first-order chi connectivity index (χ1) is 18.0. The topological polar surface area (TPSA) is 56.1 Å². The molecular weight excluding hydrogens is 478 g/mol. The molecule has 0 aliphatic carbocycles. The lowest BCUT2D eigenvalue weighted by molar-refractivity contribution is 0.145. The molecule has 2 aliphatic heterocycles. The number of aromatic nitrogens is 1. The Morgan fingerprint density at radius 2 is 1.84 bits per heavy atom. The summed E-state index contributed by atoms with van der Waals surface area (Å²) in [5.41, 5.74) is 6.31. The monoisotopic (exact) mass is 506 g/mol. The number of methoxy groups -OCH3 is 2. The standard InChI is InChI=1S/C29H28F2N2O4/c1-35-19-4-6-25-21(11-19)22-12-26-20-13-28(36-2)29(37-15-17-3-5-23(30)24(31)9-17)10-18(20)7-8-32(26)14-27(22)33(25)16-34/h3-6,9-11,13,26,34H,7-8,12,14-16H2,1-2H3. The van der Waals surface area contributed by atoms with Gasteiger partial charge in [-0.2, -0.15) is 0 Å². The number of hydrogen-bond acceptors (Lipinski definition) is 5. The second kappa shape index (κ2) is 9.36. The Labute approximate surface area is 213 Å². The summed E-state index contributed by atoms with van der Waals surface area (Å²) in [6.07, 6.45) is 1.65. The van der Waals surface area contributed by atoms with E-state index in [0.717, 1.165) is 60.4 Å². The summed E-state index contributed by atoms with van der Waals surface area (Å²) in [6.45, 7) is 1.66. The quantitative estimate of drug-likeness (QED) is 0.394. The third-order valence-corrected chi connectivity index (χ3v) is 7.66. The minimum Gasteiger partial charge on any atom is -0.497 e. The fourth-order valence-corrected chi connectivity index (χ4v) is 5.79. The molecule has 1 aromatic heterocycles. The summed E-state index contributed by atoms with van der Waals surface area (Å²) in [6, 6.07) is 14.0. The lowest BCUT2D eigenvalue weighted by atomic mass is 9.85. The SMILES string of the molecule is COc1ccc2c(c1)c1c(n2CO)CN2CCc3cc(OCc4ccc(F)c(F)c4)c(OC)cc3C2C1. The van der Waals surface area contributed by atoms with Crippen LogP contribution < -0.4 is 14.2 Å². The van der Waals surface area contributed by atoms with Gasteiger partial charge in [-0.1, -0.05) is 6.07 Å². The third-order valence-electron chi connectivity index (χ3n) is 7.66. The molecule has 3 aromatic carbocycles. The van der Waals surface area contributed by atoms with Gasteiger partial charge in [0.25, 0.3) is 0 Å². The maximum absolute atomic E-state index is 13.6. The van der Waals surface area contributed by atoms with Crippen molar-refractivity contribution in [2.45, 2.75) is 38.8 Å². The van der Waals surface area contributed by atoms with Gasteiger partial charge in [-0.15, -0.1) is 0 Å². The fraction of sp³-hybridized carbons (Fsp3) is 0.310. The van der Waals surface area contributed by atoms with Crippen molar-refractivity contribution in [1.29, 1.82) is 0 Å². The number of benzene rings is 3. The summed E-state index contributed by atoms with van der Waals surface area (Å²) in [5.74, 6) is 0.207. The number of nitrogens with zero attached hydrogens (tertiary/aromatic N) is 2. The molecule has 192 valence electrons. The molecule has 0 fully saturated rings. The van der Waals surface area contributed by atoms with Crippen molar-refractivity contribution in [1.82, 2.24) is 9.47 Å². The molecular formula is C29H28F2N2O4. The largest absolute Gasteiger partial charge is 0.497 e. The van der Waals surface area contributed by atoms with Crippen molar-refractivity contribution in [3.05, 3.63) is 88.1 Å². The maximum Gasteiger partial charge on any atom is 0.161 e. The van der Waals surface area contributed by atoms with Crippen LogP contribution in [0.15, 0.2) is 48.5 Å². The van der Waals surface area contributed by atoms with Crippen LogP contribution in [0.4, 0.5) is 8.78 Å². The van der Waals surface area contributed by atoms with E-state index in [1.54, 1.807) is 14.2 Å². The molecule has 0 bridgehead atoms. The van der Waals surface area contributed by atoms with Gasteiger partial charge in [0.15, 0.2) is 23.1 Å². The first kappa shape index (κ1) is 23.8. The van der Waals surface area contributed by atoms with E-state index in [2.05, 4.69) is 11.0 Å². The smallest absolute Gasteiger partial charge is 0.161 e. The second-order valence-corrected chi connectivity index (χ2v) is 9.56. The molecule has 0 amide bonds. The fourth-order valence-electron chi connectivity index (χ4n) is 5.79. The number of rotatable bonds is 6. The molecule has 1 atom stereocenters. The van der Waals surface area contributed by atoms with Crippen molar-refractivity contribution in [3.8, 4) is 17.2 Å². The summed E-state index contributed by atoms with van der Waals surface area (Å²) in [5, 5.41) is 11.3. The highest BCUT2D eigenvalue weighted by Gasteiger charge is 2.36. The van der Waals surface area contributed by atoms with Crippen LogP contribution in [0, 0.1) is 11.6 Å². The van der Waals surface area contributed by atoms with Crippen molar-refractivity contribution in [3.63, 3.8) is 0 Å².